The molecule has 1 aliphatic heterocycles. The van der Waals surface area contributed by atoms with Crippen molar-refractivity contribution >= 4 is 23.5 Å². The Bertz CT molecular complexity index is 1250. The van der Waals surface area contributed by atoms with Crippen molar-refractivity contribution < 1.29 is 9.21 Å². The third kappa shape index (κ3) is 3.73. The molecule has 0 aliphatic carbocycles. The van der Waals surface area contributed by atoms with E-state index in [-0.39, 0.29) is 17.8 Å². The summed E-state index contributed by atoms with van der Waals surface area (Å²) in [6.45, 7) is 4.12. The molecule has 31 heavy (non-hydrogen) atoms. The van der Waals surface area contributed by atoms with Gasteiger partial charge in [0.1, 0.15) is 6.04 Å². The summed E-state index contributed by atoms with van der Waals surface area (Å²) < 4.78 is 6.93. The van der Waals surface area contributed by atoms with Crippen LogP contribution in [0.4, 0.5) is 11.9 Å². The topological polar surface area (TPSA) is 85.0 Å². The van der Waals surface area contributed by atoms with Crippen LogP contribution in [0.15, 0.2) is 77.4 Å². The fourth-order valence-corrected chi connectivity index (χ4v) is 3.52. The van der Waals surface area contributed by atoms with Crippen LogP contribution < -0.4 is 10.6 Å². The van der Waals surface area contributed by atoms with Gasteiger partial charge in [-0.2, -0.15) is 4.98 Å². The van der Waals surface area contributed by atoms with Crippen LogP contribution >= 0.6 is 0 Å². The van der Waals surface area contributed by atoms with Gasteiger partial charge in [0, 0.05) is 5.70 Å². The Morgan fingerprint density at radius 1 is 1.03 bits per heavy atom. The fraction of sp³-hybridized carbons (Fsp3) is 0.125. The van der Waals surface area contributed by atoms with E-state index in [1.165, 1.54) is 17.4 Å². The van der Waals surface area contributed by atoms with E-state index in [9.17, 15) is 4.79 Å². The number of nitrogens with zero attached hydrogens (tertiary/aromatic N) is 3. The Balaban J connectivity index is 1.53. The molecule has 2 aromatic carbocycles. The lowest BCUT2D eigenvalue weighted by Crippen LogP contribution is -2.20. The number of aryl methyl sites for hydroxylation is 2. The van der Waals surface area contributed by atoms with E-state index in [1.54, 1.807) is 16.8 Å². The largest absolute Gasteiger partial charge is 0.459 e. The van der Waals surface area contributed by atoms with Crippen molar-refractivity contribution in [2.45, 2.75) is 19.9 Å². The highest BCUT2D eigenvalue weighted by atomic mass is 16.3. The number of fused-ring (bicyclic) bond motifs is 1. The van der Waals surface area contributed by atoms with Crippen molar-refractivity contribution in [3.05, 3.63) is 101 Å². The Kier molecular flexibility index (Phi) is 4.63. The number of amides is 1. The van der Waals surface area contributed by atoms with Crippen molar-refractivity contribution in [2.75, 3.05) is 10.6 Å². The first-order valence-electron chi connectivity index (χ1n) is 10.0. The SMILES string of the molecule is Cc1ccc(C2=CC(c3ccc(C)cc3)n3nc(NC(=O)c4ccco4)nc3N2)cc1. The van der Waals surface area contributed by atoms with Gasteiger partial charge in [0.15, 0.2) is 5.76 Å². The van der Waals surface area contributed by atoms with E-state index in [4.69, 9.17) is 4.42 Å². The van der Waals surface area contributed by atoms with Crippen LogP contribution in [-0.4, -0.2) is 20.7 Å². The highest BCUT2D eigenvalue weighted by molar-refractivity contribution is 6.01. The molecule has 2 aromatic heterocycles. The van der Waals surface area contributed by atoms with Crippen LogP contribution in [0.5, 0.6) is 0 Å². The standard InChI is InChI=1S/C24H21N5O2/c1-15-5-9-17(10-6-15)19-14-20(18-11-7-16(2)8-12-18)29-24(25-19)27-23(28-29)26-22(30)21-4-3-13-31-21/h3-14,20H,1-2H3,(H2,25,26,27,28,30). The molecule has 0 spiro atoms. The van der Waals surface area contributed by atoms with Crippen LogP contribution in [0, 0.1) is 13.8 Å². The van der Waals surface area contributed by atoms with Crippen molar-refractivity contribution in [3.63, 3.8) is 0 Å². The second-order valence-electron chi connectivity index (χ2n) is 7.56. The summed E-state index contributed by atoms with van der Waals surface area (Å²) in [5, 5.41) is 10.6. The Morgan fingerprint density at radius 2 is 1.74 bits per heavy atom. The molecule has 4 aromatic rings. The lowest BCUT2D eigenvalue weighted by molar-refractivity contribution is 0.0996. The van der Waals surface area contributed by atoms with Crippen LogP contribution in [0.1, 0.15) is 38.9 Å². The number of hydrogen-bond acceptors (Lipinski definition) is 5. The van der Waals surface area contributed by atoms with E-state index in [0.717, 1.165) is 16.8 Å². The predicted octanol–water partition coefficient (Wildman–Crippen LogP) is 4.80. The molecule has 5 rings (SSSR count). The number of carbonyl (C=O) groups excluding carboxylic acids is 1. The maximum atomic E-state index is 12.4. The lowest BCUT2D eigenvalue weighted by atomic mass is 10.0. The maximum Gasteiger partial charge on any atom is 0.293 e. The first-order valence-corrected chi connectivity index (χ1v) is 10.0. The van der Waals surface area contributed by atoms with Gasteiger partial charge in [0.2, 0.25) is 5.95 Å². The lowest BCUT2D eigenvalue weighted by Gasteiger charge is -2.24. The second kappa shape index (κ2) is 7.60. The molecule has 7 heteroatoms. The molecular weight excluding hydrogens is 390 g/mol. The highest BCUT2D eigenvalue weighted by Crippen LogP contribution is 2.33. The van der Waals surface area contributed by atoms with Crippen LogP contribution in [0.2, 0.25) is 0 Å². The zero-order chi connectivity index (χ0) is 21.4. The molecule has 0 saturated carbocycles. The number of hydrogen-bond donors (Lipinski definition) is 2. The monoisotopic (exact) mass is 411 g/mol. The van der Waals surface area contributed by atoms with Gasteiger partial charge in [-0.05, 0) is 43.2 Å². The summed E-state index contributed by atoms with van der Waals surface area (Å²) in [7, 11) is 0. The van der Waals surface area contributed by atoms with Gasteiger partial charge in [0.05, 0.1) is 6.26 Å². The summed E-state index contributed by atoms with van der Waals surface area (Å²) in [5.74, 6) is 0.568. The van der Waals surface area contributed by atoms with Crippen LogP contribution in [0.25, 0.3) is 5.70 Å². The van der Waals surface area contributed by atoms with Gasteiger partial charge in [0.25, 0.3) is 11.9 Å². The van der Waals surface area contributed by atoms with Crippen molar-refractivity contribution in [2.24, 2.45) is 0 Å². The summed E-state index contributed by atoms with van der Waals surface area (Å²) in [5.41, 5.74) is 5.45. The van der Waals surface area contributed by atoms with Gasteiger partial charge >= 0.3 is 0 Å². The molecule has 7 nitrogen and oxygen atoms in total. The molecule has 0 radical (unpaired) electrons. The average molecular weight is 411 g/mol. The number of allylic oxidation sites excluding steroid dienone is 1. The smallest absolute Gasteiger partial charge is 0.293 e. The van der Waals surface area contributed by atoms with E-state index in [1.807, 2.05) is 0 Å². The quantitative estimate of drug-likeness (QED) is 0.504. The number of rotatable bonds is 4. The molecule has 1 atom stereocenters. The molecule has 1 amide bonds. The van der Waals surface area contributed by atoms with Gasteiger partial charge in [-0.15, -0.1) is 5.10 Å². The number of anilines is 2. The average Bonchev–Trinajstić information content (AvgIpc) is 3.44. The fourth-order valence-electron chi connectivity index (χ4n) is 3.52. The Hall–Kier alpha value is -4.13. The number of carbonyl (C=O) groups is 1. The van der Waals surface area contributed by atoms with E-state index >= 15 is 0 Å². The van der Waals surface area contributed by atoms with Crippen LogP contribution in [0.3, 0.4) is 0 Å². The first-order chi connectivity index (χ1) is 15.1. The van der Waals surface area contributed by atoms with E-state index in [0.29, 0.717) is 5.95 Å². The summed E-state index contributed by atoms with van der Waals surface area (Å²) >= 11 is 0. The second-order valence-corrected chi connectivity index (χ2v) is 7.56. The van der Waals surface area contributed by atoms with E-state index < -0.39 is 5.91 Å². The summed E-state index contributed by atoms with van der Waals surface area (Å²) in [6.07, 6.45) is 3.57. The normalized spacial score (nSPS) is 15.0. The van der Waals surface area contributed by atoms with Crippen molar-refractivity contribution in [3.8, 4) is 0 Å². The number of furan rings is 1. The third-order valence-corrected chi connectivity index (χ3v) is 5.22. The van der Waals surface area contributed by atoms with Crippen LogP contribution in [-0.2, 0) is 0 Å². The van der Waals surface area contributed by atoms with Gasteiger partial charge < -0.3 is 9.73 Å². The van der Waals surface area contributed by atoms with Crippen molar-refractivity contribution in [1.29, 1.82) is 0 Å². The zero-order valence-electron chi connectivity index (χ0n) is 17.2. The number of nitrogens with one attached hydrogen (secondary N) is 2. The zero-order valence-corrected chi connectivity index (χ0v) is 17.2. The molecule has 1 unspecified atom stereocenters. The molecule has 3 heterocycles. The molecular formula is C24H21N5O2. The minimum atomic E-state index is -0.397. The van der Waals surface area contributed by atoms with Gasteiger partial charge in [-0.1, -0.05) is 59.7 Å². The van der Waals surface area contributed by atoms with Gasteiger partial charge in [-0.25, -0.2) is 4.68 Å². The summed E-state index contributed by atoms with van der Waals surface area (Å²) in [6, 6.07) is 19.7. The maximum absolute atomic E-state index is 12.4. The van der Waals surface area contributed by atoms with Crippen molar-refractivity contribution in [1.82, 2.24) is 14.8 Å². The number of aromatic nitrogens is 3. The molecule has 0 bridgehead atoms. The molecule has 2 N–H and O–H groups in total. The van der Waals surface area contributed by atoms with E-state index in [2.05, 4.69) is 89.2 Å². The Labute approximate surface area is 179 Å². The third-order valence-electron chi connectivity index (χ3n) is 5.22. The molecule has 154 valence electrons. The van der Waals surface area contributed by atoms with Gasteiger partial charge in [-0.3, -0.25) is 10.1 Å². The molecule has 0 fully saturated rings. The summed E-state index contributed by atoms with van der Waals surface area (Å²) in [4.78, 5) is 16.9. The predicted molar refractivity (Wildman–Crippen MR) is 119 cm³/mol. The minimum Gasteiger partial charge on any atom is -0.459 e. The molecule has 0 saturated heterocycles. The highest BCUT2D eigenvalue weighted by Gasteiger charge is 2.26. The molecule has 1 aliphatic rings. The Morgan fingerprint density at radius 3 is 2.42 bits per heavy atom. The number of benzene rings is 2. The first kappa shape index (κ1) is 18.9. The minimum absolute atomic E-state index is 0.171.